The number of aromatic nitrogens is 5. The number of methoxy groups -OCH3 is 2. The van der Waals surface area contributed by atoms with E-state index in [-0.39, 0.29) is 63.2 Å². The predicted octanol–water partition coefficient (Wildman–Crippen LogP) is 8.51. The number of nitrogens with zero attached hydrogens (tertiary/aromatic N) is 8. The molecule has 2 aliphatic carbocycles. The summed E-state index contributed by atoms with van der Waals surface area (Å²) in [6, 6.07) is 17.7. The first-order valence-corrected chi connectivity index (χ1v) is 27.6. The number of hydrogen-bond donors (Lipinski definition) is 4. The maximum atomic E-state index is 14.9. The smallest absolute Gasteiger partial charge is 0.316 e. The molecule has 1 atom stereocenters. The molecule has 4 N–H and O–H groups in total. The minimum Gasteiger partial charge on any atom is -0.478 e. The molecule has 408 valence electrons. The molecule has 6 aromatic rings. The number of ether oxygens (including phenoxy) is 3. The molecule has 4 aliphatic rings. The molecule has 2 saturated heterocycles. The molecule has 1 amide bonds. The number of benzene rings is 2. The van der Waals surface area contributed by atoms with Gasteiger partial charge in [0.1, 0.15) is 22.1 Å². The zero-order valence-corrected chi connectivity index (χ0v) is 44.3. The number of nitrogens with one attached hydrogen (secondary N) is 3. The summed E-state index contributed by atoms with van der Waals surface area (Å²) in [6.45, 7) is 10.8. The van der Waals surface area contributed by atoms with Crippen LogP contribution in [0, 0.1) is 27.3 Å². The van der Waals surface area contributed by atoms with Crippen LogP contribution in [0.25, 0.3) is 11.0 Å². The summed E-state index contributed by atoms with van der Waals surface area (Å²) in [6.07, 6.45) is 9.96. The third kappa shape index (κ3) is 11.5. The van der Waals surface area contributed by atoms with Gasteiger partial charge in [-0.25, -0.2) is 27.5 Å². The number of aromatic amines is 1. The number of nitro groups is 1. The van der Waals surface area contributed by atoms with E-state index in [1.807, 2.05) is 4.72 Å². The highest BCUT2D eigenvalue weighted by atomic mass is 32.2. The van der Waals surface area contributed by atoms with E-state index in [1.165, 1.54) is 36.6 Å². The Morgan fingerprint density at radius 3 is 2.53 bits per heavy atom. The summed E-state index contributed by atoms with van der Waals surface area (Å²) in [7, 11) is -6.07. The second-order valence-electron chi connectivity index (χ2n) is 21.6. The van der Waals surface area contributed by atoms with E-state index in [9.17, 15) is 32.8 Å². The number of carbonyl (C=O) groups excluding carboxylic acids is 1. The molecule has 2 aliphatic heterocycles. The topological polar surface area (TPSA) is 243 Å². The first kappa shape index (κ1) is 49.6. The number of anilines is 2. The van der Waals surface area contributed by atoms with Crippen molar-refractivity contribution >= 4 is 44.2 Å². The van der Waals surface area contributed by atoms with E-state index in [1.54, 1.807) is 25.1 Å². The van der Waals surface area contributed by atoms with Crippen LogP contribution < -0.4 is 29.1 Å². The van der Waals surface area contributed by atoms with Crippen LogP contribution in [-0.2, 0) is 16.6 Å². The first-order valence-electron chi connectivity index (χ1n) is 27.6. The van der Waals surface area contributed by atoms with Crippen LogP contribution >= 0.6 is 0 Å². The van der Waals surface area contributed by atoms with Gasteiger partial charge < -0.3 is 34.5 Å². The van der Waals surface area contributed by atoms with Crippen molar-refractivity contribution in [3.63, 3.8) is 0 Å². The lowest BCUT2D eigenvalue weighted by atomic mass is 9.59. The Balaban J connectivity index is 0.852. The van der Waals surface area contributed by atoms with E-state index < -0.39 is 49.9 Å². The Labute approximate surface area is 451 Å². The lowest BCUT2D eigenvalue weighted by Gasteiger charge is -2.58. The monoisotopic (exact) mass is 1080 g/mol. The Morgan fingerprint density at radius 2 is 1.79 bits per heavy atom. The molecule has 2 saturated carbocycles. The number of piperazine rings is 1. The number of rotatable bonds is 17. The van der Waals surface area contributed by atoms with Crippen LogP contribution in [0.2, 0.25) is 0 Å². The van der Waals surface area contributed by atoms with Crippen molar-refractivity contribution < 1.29 is 46.0 Å². The molecule has 6 heterocycles. The highest BCUT2D eigenvalue weighted by Gasteiger charge is 2.50. The third-order valence-electron chi connectivity index (χ3n) is 16.1. The molecule has 4 aromatic heterocycles. The van der Waals surface area contributed by atoms with Crippen molar-refractivity contribution in [2.45, 2.75) is 107 Å². The summed E-state index contributed by atoms with van der Waals surface area (Å²) in [4.78, 5) is 51.9. The predicted molar refractivity (Wildman–Crippen MR) is 286 cm³/mol. The molecule has 1 spiro atoms. The SMILES string of the molecule is [2H]C([2H])([2H])Oc1nccc(CN2CCN(C3CC4(CCN(c5ccc(C(=O)NS(=O)(=O)c6cnc(NCC7CCC(C)(O)CC7)c([N+](=O)[O-])c6)c(Oc6cc7c(F)c[nH]c7nc6OC)c5)CC4)C3)[C@H](c3ccccc3C(C)C)C2)n1. The zero-order chi connectivity index (χ0) is 56.7. The van der Waals surface area contributed by atoms with Gasteiger partial charge >= 0.3 is 11.7 Å². The van der Waals surface area contributed by atoms with Gasteiger partial charge in [0.15, 0.2) is 5.75 Å². The van der Waals surface area contributed by atoms with Crippen LogP contribution in [-0.4, -0.2) is 124 Å². The molecule has 0 radical (unpaired) electrons. The standard InChI is InChI=1S/C55H66FN11O9S/c1-34(2)40-8-6-7-9-41(40)46-33-64(32-36-14-19-57-53(61-36)75-5)22-23-66(46)38-27-55(28-38)17-20-65(21-18-55)37-10-11-42(47(24-37)76-48-26-43-44(56)31-60-49(43)62-52(48)74-4)51(68)63-77(72,73)39-25-45(67(70)71)50(59-30-39)58-29-35-12-15-54(3,69)16-13-35/h6-11,14,19,24-26,30-31,34-35,38,46,69H,12-13,15-18,20-23,27-29,32-33H2,1-5H3,(H,58,59)(H,60,62)(H,63,68)/t35?,46-,54?/m0/s1/i5D3. The van der Waals surface area contributed by atoms with E-state index in [0.717, 1.165) is 63.8 Å². The Morgan fingerprint density at radius 1 is 1.01 bits per heavy atom. The summed E-state index contributed by atoms with van der Waals surface area (Å²) < 4.78 is 84.2. The minimum atomic E-state index is -4.77. The van der Waals surface area contributed by atoms with Gasteiger partial charge in [-0.2, -0.15) is 9.97 Å². The summed E-state index contributed by atoms with van der Waals surface area (Å²) in [5.74, 6) is -1.59. The van der Waals surface area contributed by atoms with Gasteiger partial charge in [-0.1, -0.05) is 38.1 Å². The van der Waals surface area contributed by atoms with Crippen molar-refractivity contribution in [3.8, 4) is 23.4 Å². The number of amides is 1. The second kappa shape index (κ2) is 21.8. The summed E-state index contributed by atoms with van der Waals surface area (Å²) >= 11 is 0. The number of pyridine rings is 2. The molecule has 0 unspecified atom stereocenters. The van der Waals surface area contributed by atoms with Crippen molar-refractivity contribution in [1.82, 2.24) is 39.4 Å². The number of carbonyl (C=O) groups is 1. The normalized spacial score (nSPS) is 22.0. The fourth-order valence-electron chi connectivity index (χ4n) is 11.8. The molecule has 0 bridgehead atoms. The van der Waals surface area contributed by atoms with Crippen molar-refractivity contribution in [1.29, 1.82) is 0 Å². The molecule has 10 rings (SSSR count). The van der Waals surface area contributed by atoms with E-state index in [4.69, 9.17) is 18.3 Å². The average Bonchev–Trinajstić information content (AvgIpc) is 3.91. The highest BCUT2D eigenvalue weighted by Crippen LogP contribution is 2.53. The highest BCUT2D eigenvalue weighted by molar-refractivity contribution is 7.90. The second-order valence-corrected chi connectivity index (χ2v) is 23.3. The molecule has 4 fully saturated rings. The van der Waals surface area contributed by atoms with Crippen LogP contribution in [0.15, 0.2) is 84.1 Å². The van der Waals surface area contributed by atoms with Crippen LogP contribution in [0.1, 0.15) is 115 Å². The maximum Gasteiger partial charge on any atom is 0.316 e. The third-order valence-corrected chi connectivity index (χ3v) is 17.4. The number of H-pyrrole nitrogens is 1. The van der Waals surface area contributed by atoms with Gasteiger partial charge in [-0.15, -0.1) is 0 Å². The number of aliphatic hydroxyl groups is 1. The molecule has 2 aromatic carbocycles. The first-order chi connectivity index (χ1) is 38.0. The molecular weight excluding hydrogens is 1010 g/mol. The lowest BCUT2D eigenvalue weighted by Crippen LogP contribution is -2.60. The largest absolute Gasteiger partial charge is 0.478 e. The van der Waals surface area contributed by atoms with Gasteiger partial charge in [0, 0.05) is 94.2 Å². The fraction of sp³-hybridized carbons (Fsp3) is 0.473. The maximum absolute atomic E-state index is 14.9. The number of hydrogen-bond acceptors (Lipinski definition) is 17. The summed E-state index contributed by atoms with van der Waals surface area (Å²) in [5.41, 5.74) is 2.67. The number of piperidine rings is 1. The minimum absolute atomic E-state index is 0.0374. The van der Waals surface area contributed by atoms with E-state index in [2.05, 4.69) is 83.0 Å². The van der Waals surface area contributed by atoms with Gasteiger partial charge in [0.2, 0.25) is 5.82 Å². The molecule has 77 heavy (non-hydrogen) atoms. The fourth-order valence-corrected chi connectivity index (χ4v) is 12.7. The van der Waals surface area contributed by atoms with Crippen LogP contribution in [0.5, 0.6) is 23.4 Å². The van der Waals surface area contributed by atoms with Crippen molar-refractivity contribution in [2.75, 3.05) is 63.6 Å². The van der Waals surface area contributed by atoms with Gasteiger partial charge in [0.05, 0.1) is 51.6 Å². The molecule has 20 nitrogen and oxygen atoms in total. The lowest BCUT2D eigenvalue weighted by molar-refractivity contribution is -0.384. The quantitative estimate of drug-likeness (QED) is 0.0494. The average molecular weight is 1080 g/mol. The number of fused-ring (bicyclic) bond motifs is 1. The van der Waals surface area contributed by atoms with Crippen molar-refractivity contribution in [2.24, 2.45) is 11.3 Å². The Bertz CT molecular complexity index is 3380. The van der Waals surface area contributed by atoms with Crippen LogP contribution in [0.3, 0.4) is 0 Å². The van der Waals surface area contributed by atoms with Crippen molar-refractivity contribution in [3.05, 3.63) is 118 Å². The van der Waals surface area contributed by atoms with Gasteiger partial charge in [-0.05, 0) is 105 Å². The Hall–Kier alpha value is -7.01. The van der Waals surface area contributed by atoms with E-state index >= 15 is 0 Å². The van der Waals surface area contributed by atoms with E-state index in [0.29, 0.717) is 75.2 Å². The number of halogens is 1. The van der Waals surface area contributed by atoms with Gasteiger partial charge in [-0.3, -0.25) is 24.7 Å². The van der Waals surface area contributed by atoms with Crippen LogP contribution in [0.4, 0.5) is 21.6 Å². The molecule has 22 heteroatoms. The Kier molecular flexibility index (Phi) is 14.0. The number of sulfonamides is 1. The summed E-state index contributed by atoms with van der Waals surface area (Å²) in [5, 5.41) is 25.7. The van der Waals surface area contributed by atoms with Gasteiger partial charge in [0.25, 0.3) is 21.8 Å². The molecular formula is C55H66FN11O9S. The zero-order valence-electron chi connectivity index (χ0n) is 46.5.